The quantitative estimate of drug-likeness (QED) is 0.157. The molecule has 0 unspecified atom stereocenters. The highest BCUT2D eigenvalue weighted by molar-refractivity contribution is 7.11. The normalized spacial score (nSPS) is 12.1. The first-order valence-corrected chi connectivity index (χ1v) is 21.9. The molecule has 0 radical (unpaired) electrons. The van der Waals surface area contributed by atoms with Crippen molar-refractivity contribution < 1.29 is 0 Å². The van der Waals surface area contributed by atoms with Crippen LogP contribution in [0.1, 0.15) is 0 Å². The van der Waals surface area contributed by atoms with Crippen LogP contribution in [0.15, 0.2) is 164 Å². The summed E-state index contributed by atoms with van der Waals surface area (Å²) in [4.78, 5) is 0. The van der Waals surface area contributed by atoms with Gasteiger partial charge in [-0.3, -0.25) is 0 Å². The fourth-order valence-electron chi connectivity index (χ4n) is 9.20. The molecule has 0 saturated carbocycles. The Labute approximate surface area is 327 Å². The van der Waals surface area contributed by atoms with Crippen LogP contribution in [0, 0.1) is 0 Å². The van der Waals surface area contributed by atoms with Crippen LogP contribution >= 0.6 is 45.3 Å². The SMILES string of the molecule is c1ccc(-c2c3c(-c4ccccc4)c4c5cscc5c5cscc5c4c(-c4ccccc4)c3c(-c3ccccc3)c3c4cscc4c4cscc4c23)cc1. The third kappa shape index (κ3) is 4.22. The van der Waals surface area contributed by atoms with E-state index in [1.54, 1.807) is 0 Å². The second-order valence-electron chi connectivity index (χ2n) is 14.0. The van der Waals surface area contributed by atoms with Crippen LogP contribution in [0.3, 0.4) is 0 Å². The molecule has 4 heteroatoms. The summed E-state index contributed by atoms with van der Waals surface area (Å²) in [5.41, 5.74) is 10.2. The van der Waals surface area contributed by atoms with E-state index in [2.05, 4.69) is 164 Å². The molecule has 4 heterocycles. The zero-order valence-electron chi connectivity index (χ0n) is 28.8. The van der Waals surface area contributed by atoms with Crippen LogP contribution in [-0.2, 0) is 0 Å². The van der Waals surface area contributed by atoms with Gasteiger partial charge in [-0.1, -0.05) is 121 Å². The molecule has 0 atom stereocenters. The molecule has 0 aliphatic carbocycles. The molecule has 12 rings (SSSR count). The number of rotatable bonds is 4. The number of hydrogen-bond acceptors (Lipinski definition) is 4. The monoisotopic (exact) mass is 756 g/mol. The predicted octanol–water partition coefficient (Wildman–Crippen LogP) is 16.7. The van der Waals surface area contributed by atoms with Crippen LogP contribution in [0.25, 0.3) is 120 Å². The number of fused-ring (bicyclic) bond motifs is 13. The Morgan fingerprint density at radius 1 is 0.204 bits per heavy atom. The summed E-state index contributed by atoms with van der Waals surface area (Å²) in [6.07, 6.45) is 0. The van der Waals surface area contributed by atoms with E-state index in [9.17, 15) is 0 Å². The smallest absolute Gasteiger partial charge is 0.00169 e. The Morgan fingerprint density at radius 3 is 0.630 bits per heavy atom. The molecule has 0 N–H and O–H groups in total. The highest BCUT2D eigenvalue weighted by atomic mass is 32.1. The third-order valence-electron chi connectivity index (χ3n) is 11.3. The molecular weight excluding hydrogens is 729 g/mol. The molecule has 0 bridgehead atoms. The van der Waals surface area contributed by atoms with Crippen LogP contribution in [0.5, 0.6) is 0 Å². The first kappa shape index (κ1) is 30.8. The molecule has 0 amide bonds. The van der Waals surface area contributed by atoms with Gasteiger partial charge in [0.25, 0.3) is 0 Å². The second kappa shape index (κ2) is 11.9. The van der Waals surface area contributed by atoms with E-state index in [0.29, 0.717) is 0 Å². The van der Waals surface area contributed by atoms with Gasteiger partial charge in [-0.25, -0.2) is 0 Å². The van der Waals surface area contributed by atoms with Gasteiger partial charge < -0.3 is 0 Å². The molecule has 252 valence electrons. The molecule has 0 saturated heterocycles. The topological polar surface area (TPSA) is 0 Å². The minimum Gasteiger partial charge on any atom is -0.151 e. The molecule has 12 aromatic rings. The lowest BCUT2D eigenvalue weighted by molar-refractivity contribution is 1.65. The minimum absolute atomic E-state index is 1.24. The molecule has 0 nitrogen and oxygen atoms in total. The van der Waals surface area contributed by atoms with Gasteiger partial charge in [0, 0.05) is 64.6 Å². The maximum atomic E-state index is 2.40. The first-order valence-electron chi connectivity index (χ1n) is 18.1. The van der Waals surface area contributed by atoms with Crippen LogP contribution in [0.4, 0.5) is 0 Å². The summed E-state index contributed by atoms with van der Waals surface area (Å²) in [7, 11) is 0. The summed E-state index contributed by atoms with van der Waals surface area (Å²) in [5.74, 6) is 0. The van der Waals surface area contributed by atoms with Crippen molar-refractivity contribution >= 4 is 121 Å². The van der Waals surface area contributed by atoms with Gasteiger partial charge >= 0.3 is 0 Å². The summed E-state index contributed by atoms with van der Waals surface area (Å²) in [5, 5.41) is 37.7. The zero-order valence-corrected chi connectivity index (χ0v) is 32.1. The molecule has 8 aromatic carbocycles. The Kier molecular flexibility index (Phi) is 6.81. The maximum Gasteiger partial charge on any atom is 0.00169 e. The average molecular weight is 757 g/mol. The lowest BCUT2D eigenvalue weighted by Gasteiger charge is -2.27. The molecule has 0 aliphatic heterocycles. The summed E-state index contributed by atoms with van der Waals surface area (Å²) >= 11 is 7.25. The molecule has 0 fully saturated rings. The van der Waals surface area contributed by atoms with Gasteiger partial charge in [-0.2, -0.15) is 45.3 Å². The largest absolute Gasteiger partial charge is 0.151 e. The van der Waals surface area contributed by atoms with E-state index < -0.39 is 0 Å². The standard InChI is InChI=1S/C50H28S4/c1-5-13-29(14-6-1)41-45-37-25-51-21-33(37)34-22-52-26-38(34)46(45)43(31-17-9-3-10-18-31)50-44(32-19-11-4-12-20-32)48-40-28-54-24-36(40)35-23-53-27-39(35)47(48)42(49(41)50)30-15-7-2-8-16-30/h1-28H. The zero-order chi connectivity index (χ0) is 35.3. The Bertz CT molecular complexity index is 2940. The van der Waals surface area contributed by atoms with E-state index in [0.717, 1.165) is 0 Å². The van der Waals surface area contributed by atoms with E-state index in [4.69, 9.17) is 0 Å². The molecule has 0 aliphatic rings. The molecule has 0 spiro atoms. The van der Waals surface area contributed by atoms with E-state index in [-0.39, 0.29) is 0 Å². The van der Waals surface area contributed by atoms with Gasteiger partial charge in [0.15, 0.2) is 0 Å². The summed E-state index contributed by atoms with van der Waals surface area (Å²) in [6, 6.07) is 44.9. The van der Waals surface area contributed by atoms with Crippen molar-refractivity contribution in [2.45, 2.75) is 0 Å². The maximum absolute atomic E-state index is 2.40. The Balaban J connectivity index is 1.55. The molecular formula is C50H28S4. The van der Waals surface area contributed by atoms with Gasteiger partial charge in [0.1, 0.15) is 0 Å². The van der Waals surface area contributed by atoms with Crippen molar-refractivity contribution in [2.75, 3.05) is 0 Å². The van der Waals surface area contributed by atoms with Crippen molar-refractivity contribution in [3.8, 4) is 44.5 Å². The van der Waals surface area contributed by atoms with Crippen LogP contribution in [-0.4, -0.2) is 0 Å². The summed E-state index contributed by atoms with van der Waals surface area (Å²) in [6.45, 7) is 0. The Morgan fingerprint density at radius 2 is 0.407 bits per heavy atom. The van der Waals surface area contributed by atoms with Gasteiger partial charge in [0.2, 0.25) is 0 Å². The average Bonchev–Trinajstić information content (AvgIpc) is 4.07. The third-order valence-corrected chi connectivity index (χ3v) is 14.3. The molecule has 4 aromatic heterocycles. The highest BCUT2D eigenvalue weighted by Crippen LogP contribution is 2.58. The van der Waals surface area contributed by atoms with E-state index in [1.807, 2.05) is 45.3 Å². The number of hydrogen-bond donors (Lipinski definition) is 0. The lowest BCUT2D eigenvalue weighted by Crippen LogP contribution is -1.99. The van der Waals surface area contributed by atoms with Crippen LogP contribution in [0.2, 0.25) is 0 Å². The van der Waals surface area contributed by atoms with E-state index >= 15 is 0 Å². The highest BCUT2D eigenvalue weighted by Gasteiger charge is 2.30. The van der Waals surface area contributed by atoms with Gasteiger partial charge in [0.05, 0.1) is 0 Å². The Hall–Kier alpha value is -5.62. The van der Waals surface area contributed by atoms with Gasteiger partial charge in [-0.05, 0) is 98.3 Å². The van der Waals surface area contributed by atoms with Crippen molar-refractivity contribution in [1.29, 1.82) is 0 Å². The fraction of sp³-hybridized carbons (Fsp3) is 0. The molecule has 54 heavy (non-hydrogen) atoms. The first-order chi connectivity index (χ1) is 26.9. The number of thiophene rings is 4. The minimum atomic E-state index is 1.24. The number of benzene rings is 8. The van der Waals surface area contributed by atoms with Crippen molar-refractivity contribution in [1.82, 2.24) is 0 Å². The van der Waals surface area contributed by atoms with E-state index in [1.165, 1.54) is 120 Å². The fourth-order valence-corrected chi connectivity index (χ4v) is 12.6. The summed E-state index contributed by atoms with van der Waals surface area (Å²) < 4.78 is 0. The predicted molar refractivity (Wildman–Crippen MR) is 242 cm³/mol. The van der Waals surface area contributed by atoms with Crippen LogP contribution < -0.4 is 0 Å². The van der Waals surface area contributed by atoms with Crippen molar-refractivity contribution in [3.05, 3.63) is 164 Å². The van der Waals surface area contributed by atoms with Crippen molar-refractivity contribution in [3.63, 3.8) is 0 Å². The lowest BCUT2D eigenvalue weighted by atomic mass is 9.75. The van der Waals surface area contributed by atoms with Gasteiger partial charge in [-0.15, -0.1) is 0 Å². The second-order valence-corrected chi connectivity index (χ2v) is 17.0. The van der Waals surface area contributed by atoms with Crippen molar-refractivity contribution in [2.24, 2.45) is 0 Å².